The van der Waals surface area contributed by atoms with Crippen LogP contribution in [0.3, 0.4) is 0 Å². The van der Waals surface area contributed by atoms with E-state index in [2.05, 4.69) is 32.2 Å². The van der Waals surface area contributed by atoms with E-state index in [1.165, 1.54) is 6.07 Å². The van der Waals surface area contributed by atoms with Gasteiger partial charge in [-0.1, -0.05) is 68.6 Å². The second kappa shape index (κ2) is 9.06. The zero-order chi connectivity index (χ0) is 21.1. The number of carbonyl (C=O) groups excluding carboxylic acids is 1. The molecule has 0 saturated carbocycles. The fourth-order valence-corrected chi connectivity index (χ4v) is 3.61. The number of phenols is 1. The predicted molar refractivity (Wildman–Crippen MR) is 116 cm³/mol. The van der Waals surface area contributed by atoms with Crippen LogP contribution in [-0.2, 0) is 16.6 Å². The van der Waals surface area contributed by atoms with Gasteiger partial charge in [0.15, 0.2) is 12.4 Å². The number of aryl methyl sites for hydroxylation is 1. The SMILES string of the molecule is CCc1c(Cl)cc(NC(=O)COc2ccc(C)cc2C(C)(C)CC)c(O)c1Cl. The summed E-state index contributed by atoms with van der Waals surface area (Å²) >= 11 is 12.3. The van der Waals surface area contributed by atoms with Gasteiger partial charge in [0.05, 0.1) is 10.7 Å². The lowest BCUT2D eigenvalue weighted by Crippen LogP contribution is -2.23. The van der Waals surface area contributed by atoms with E-state index in [-0.39, 0.29) is 28.5 Å². The minimum absolute atomic E-state index is 0.0763. The molecule has 0 atom stereocenters. The molecule has 0 aromatic heterocycles. The van der Waals surface area contributed by atoms with Crippen LogP contribution in [0.2, 0.25) is 10.0 Å². The van der Waals surface area contributed by atoms with E-state index in [9.17, 15) is 9.90 Å². The summed E-state index contributed by atoms with van der Waals surface area (Å²) in [4.78, 5) is 12.4. The topological polar surface area (TPSA) is 58.6 Å². The Bertz CT molecular complexity index is 879. The molecule has 0 unspecified atom stereocenters. The Kier molecular flexibility index (Phi) is 7.24. The monoisotopic (exact) mass is 423 g/mol. The molecule has 152 valence electrons. The number of carbonyl (C=O) groups is 1. The second-order valence-corrected chi connectivity index (χ2v) is 8.26. The summed E-state index contributed by atoms with van der Waals surface area (Å²) in [6, 6.07) is 7.43. The van der Waals surface area contributed by atoms with Crippen molar-refractivity contribution in [2.75, 3.05) is 11.9 Å². The first-order valence-electron chi connectivity index (χ1n) is 9.34. The summed E-state index contributed by atoms with van der Waals surface area (Å²) in [5, 5.41) is 13.4. The molecule has 28 heavy (non-hydrogen) atoms. The largest absolute Gasteiger partial charge is 0.504 e. The fraction of sp³-hybridized carbons (Fsp3) is 0.409. The maximum Gasteiger partial charge on any atom is 0.262 e. The summed E-state index contributed by atoms with van der Waals surface area (Å²) < 4.78 is 5.80. The number of hydrogen-bond donors (Lipinski definition) is 2. The number of benzene rings is 2. The molecule has 2 rings (SSSR count). The van der Waals surface area contributed by atoms with Crippen LogP contribution < -0.4 is 10.1 Å². The van der Waals surface area contributed by atoms with Crippen molar-refractivity contribution in [3.63, 3.8) is 0 Å². The van der Waals surface area contributed by atoms with Gasteiger partial charge < -0.3 is 15.2 Å². The Labute approximate surface area is 176 Å². The van der Waals surface area contributed by atoms with Crippen molar-refractivity contribution in [1.82, 2.24) is 0 Å². The highest BCUT2D eigenvalue weighted by molar-refractivity contribution is 6.37. The van der Waals surface area contributed by atoms with Crippen LogP contribution in [0.1, 0.15) is 50.8 Å². The first kappa shape index (κ1) is 22.4. The highest BCUT2D eigenvalue weighted by atomic mass is 35.5. The third-order valence-corrected chi connectivity index (χ3v) is 5.77. The maximum atomic E-state index is 12.4. The third-order valence-electron chi connectivity index (χ3n) is 5.02. The minimum atomic E-state index is -0.410. The molecule has 0 saturated heterocycles. The van der Waals surface area contributed by atoms with Gasteiger partial charge in [-0.15, -0.1) is 0 Å². The number of nitrogens with one attached hydrogen (secondary N) is 1. The van der Waals surface area contributed by atoms with Crippen LogP contribution in [0.4, 0.5) is 5.69 Å². The van der Waals surface area contributed by atoms with Gasteiger partial charge >= 0.3 is 0 Å². The van der Waals surface area contributed by atoms with E-state index in [0.717, 1.165) is 17.5 Å². The van der Waals surface area contributed by atoms with Crippen molar-refractivity contribution in [2.24, 2.45) is 0 Å². The third kappa shape index (κ3) is 4.92. The number of hydrogen-bond acceptors (Lipinski definition) is 3. The molecule has 1 amide bonds. The van der Waals surface area contributed by atoms with Gasteiger partial charge in [0, 0.05) is 10.6 Å². The quantitative estimate of drug-likeness (QED) is 0.515. The van der Waals surface area contributed by atoms with E-state index >= 15 is 0 Å². The Morgan fingerprint density at radius 3 is 2.50 bits per heavy atom. The summed E-state index contributed by atoms with van der Waals surface area (Å²) in [5.41, 5.74) is 2.93. The zero-order valence-corrected chi connectivity index (χ0v) is 18.5. The Balaban J connectivity index is 2.16. The highest BCUT2D eigenvalue weighted by Crippen LogP contribution is 2.39. The van der Waals surface area contributed by atoms with E-state index in [0.29, 0.717) is 22.8 Å². The molecule has 6 heteroatoms. The molecule has 0 aliphatic heterocycles. The first-order valence-corrected chi connectivity index (χ1v) is 10.1. The lowest BCUT2D eigenvalue weighted by molar-refractivity contribution is -0.118. The summed E-state index contributed by atoms with van der Waals surface area (Å²) in [6.07, 6.45) is 1.51. The molecule has 0 heterocycles. The average Bonchev–Trinajstić information content (AvgIpc) is 2.65. The van der Waals surface area contributed by atoms with E-state index < -0.39 is 5.91 Å². The Morgan fingerprint density at radius 2 is 1.89 bits per heavy atom. The maximum absolute atomic E-state index is 12.4. The summed E-state index contributed by atoms with van der Waals surface area (Å²) in [7, 11) is 0. The van der Waals surface area contributed by atoms with Crippen molar-refractivity contribution in [1.29, 1.82) is 0 Å². The number of halogens is 2. The van der Waals surface area contributed by atoms with Gasteiger partial charge in [-0.25, -0.2) is 0 Å². The van der Waals surface area contributed by atoms with Crippen LogP contribution in [-0.4, -0.2) is 17.6 Å². The highest BCUT2D eigenvalue weighted by Gasteiger charge is 2.23. The number of phenolic OH excluding ortho intramolecular Hbond substituents is 1. The van der Waals surface area contributed by atoms with E-state index in [4.69, 9.17) is 27.9 Å². The first-order chi connectivity index (χ1) is 13.1. The molecular weight excluding hydrogens is 397 g/mol. The molecule has 2 N–H and O–H groups in total. The van der Waals surface area contributed by atoms with Crippen molar-refractivity contribution in [3.05, 3.63) is 51.0 Å². The molecule has 0 aliphatic carbocycles. The normalized spacial score (nSPS) is 11.4. The number of rotatable bonds is 7. The van der Waals surface area contributed by atoms with Crippen molar-refractivity contribution in [2.45, 2.75) is 52.9 Å². The van der Waals surface area contributed by atoms with Gasteiger partial charge in [0.2, 0.25) is 0 Å². The van der Waals surface area contributed by atoms with Gasteiger partial charge in [0.1, 0.15) is 5.75 Å². The fourth-order valence-electron chi connectivity index (χ4n) is 2.89. The minimum Gasteiger partial charge on any atom is -0.504 e. The van der Waals surface area contributed by atoms with Gasteiger partial charge in [-0.3, -0.25) is 4.79 Å². The number of aromatic hydroxyl groups is 1. The smallest absolute Gasteiger partial charge is 0.262 e. The average molecular weight is 424 g/mol. The summed E-state index contributed by atoms with van der Waals surface area (Å²) in [5.74, 6) is 0.0705. The van der Waals surface area contributed by atoms with Crippen LogP contribution in [0.25, 0.3) is 0 Å². The van der Waals surface area contributed by atoms with Crippen LogP contribution in [0.5, 0.6) is 11.5 Å². The van der Waals surface area contributed by atoms with E-state index in [1.54, 1.807) is 0 Å². The molecule has 0 bridgehead atoms. The summed E-state index contributed by atoms with van der Waals surface area (Å²) in [6.45, 7) is 10.1. The van der Waals surface area contributed by atoms with E-state index in [1.807, 2.05) is 26.0 Å². The van der Waals surface area contributed by atoms with Gasteiger partial charge in [-0.2, -0.15) is 0 Å². The number of amides is 1. The van der Waals surface area contributed by atoms with Gasteiger partial charge in [0.25, 0.3) is 5.91 Å². The lowest BCUT2D eigenvalue weighted by atomic mass is 9.81. The van der Waals surface area contributed by atoms with Crippen LogP contribution in [0, 0.1) is 6.92 Å². The van der Waals surface area contributed by atoms with Crippen molar-refractivity contribution >= 4 is 34.8 Å². The standard InChI is InChI=1S/C22H27Cl2NO3/c1-6-14-16(23)11-17(21(27)20(14)24)25-19(26)12-28-18-9-8-13(3)10-15(18)22(4,5)7-2/h8-11,27H,6-7,12H2,1-5H3,(H,25,26). The molecule has 0 aliphatic rings. The number of anilines is 1. The molecule has 2 aromatic carbocycles. The van der Waals surface area contributed by atoms with Gasteiger partial charge in [-0.05, 0) is 42.9 Å². The Hall–Kier alpha value is -1.91. The molecular formula is C22H27Cl2NO3. The molecule has 2 aromatic rings. The molecule has 0 spiro atoms. The Morgan fingerprint density at radius 1 is 1.21 bits per heavy atom. The zero-order valence-electron chi connectivity index (χ0n) is 17.0. The van der Waals surface area contributed by atoms with Crippen molar-refractivity contribution in [3.8, 4) is 11.5 Å². The second-order valence-electron chi connectivity index (χ2n) is 7.47. The molecule has 0 fully saturated rings. The predicted octanol–water partition coefficient (Wildman–Crippen LogP) is 6.27. The molecule has 4 nitrogen and oxygen atoms in total. The molecule has 0 radical (unpaired) electrons. The number of ether oxygens (including phenoxy) is 1. The van der Waals surface area contributed by atoms with Crippen molar-refractivity contribution < 1.29 is 14.6 Å². The van der Waals surface area contributed by atoms with Crippen LogP contribution >= 0.6 is 23.2 Å². The lowest BCUT2D eigenvalue weighted by Gasteiger charge is -2.26. The van der Waals surface area contributed by atoms with Crippen LogP contribution in [0.15, 0.2) is 24.3 Å².